The van der Waals surface area contributed by atoms with Gasteiger partial charge in [-0.1, -0.05) is 55.5 Å². The van der Waals surface area contributed by atoms with Gasteiger partial charge in [0.05, 0.1) is 0 Å². The molecule has 0 heteroatoms. The molecule has 0 amide bonds. The van der Waals surface area contributed by atoms with Crippen LogP contribution < -0.4 is 0 Å². The van der Waals surface area contributed by atoms with E-state index in [9.17, 15) is 0 Å². The Morgan fingerprint density at radius 2 is 1.82 bits per heavy atom. The fourth-order valence-corrected chi connectivity index (χ4v) is 3.54. The lowest BCUT2D eigenvalue weighted by atomic mass is 9.79. The maximum atomic E-state index is 3.82. The molecule has 0 aromatic heterocycles. The molecule has 0 radical (unpaired) electrons. The summed E-state index contributed by atoms with van der Waals surface area (Å²) in [4.78, 5) is 0. The van der Waals surface area contributed by atoms with Gasteiger partial charge in [-0.05, 0) is 72.3 Å². The summed E-state index contributed by atoms with van der Waals surface area (Å²) in [6, 6.07) is 16.4. The van der Waals surface area contributed by atoms with Crippen LogP contribution in [0, 0.1) is 0 Å². The molecule has 0 heterocycles. The fraction of sp³-hybridized carbons (Fsp3) is 0.364. The van der Waals surface area contributed by atoms with Crippen molar-refractivity contribution in [3.05, 3.63) is 82.9 Å². The van der Waals surface area contributed by atoms with Gasteiger partial charge in [0.25, 0.3) is 0 Å². The van der Waals surface area contributed by atoms with Crippen molar-refractivity contribution in [2.45, 2.75) is 51.4 Å². The van der Waals surface area contributed by atoms with E-state index in [2.05, 4.69) is 56.0 Å². The Morgan fingerprint density at radius 1 is 1.05 bits per heavy atom. The lowest BCUT2D eigenvalue weighted by molar-refractivity contribution is 0.584. The van der Waals surface area contributed by atoms with Crippen molar-refractivity contribution in [3.63, 3.8) is 0 Å². The second-order valence-electron chi connectivity index (χ2n) is 6.47. The molecule has 2 aromatic carbocycles. The van der Waals surface area contributed by atoms with E-state index >= 15 is 0 Å². The number of aryl methyl sites for hydroxylation is 3. The van der Waals surface area contributed by atoms with Crippen molar-refractivity contribution in [1.29, 1.82) is 0 Å². The molecule has 1 unspecified atom stereocenters. The summed E-state index contributed by atoms with van der Waals surface area (Å²) in [5.74, 6) is 0.692. The minimum Gasteiger partial charge on any atom is -0.103 e. The smallest absolute Gasteiger partial charge is 0.0118 e. The lowest BCUT2D eigenvalue weighted by Crippen LogP contribution is -2.13. The Bertz CT molecular complexity index is 634. The van der Waals surface area contributed by atoms with E-state index in [0.717, 1.165) is 19.3 Å². The van der Waals surface area contributed by atoms with E-state index in [1.807, 2.05) is 6.08 Å². The number of fused-ring (bicyclic) bond motifs is 1. The highest BCUT2D eigenvalue weighted by Crippen LogP contribution is 2.33. The van der Waals surface area contributed by atoms with Gasteiger partial charge in [0.2, 0.25) is 0 Å². The molecule has 0 spiro atoms. The van der Waals surface area contributed by atoms with Crippen molar-refractivity contribution in [2.75, 3.05) is 0 Å². The quantitative estimate of drug-likeness (QED) is 0.625. The molecule has 1 aliphatic rings. The molecule has 0 saturated carbocycles. The molecule has 0 aliphatic heterocycles. The standard InChI is InChI=1S/C22H26/c1-3-5-6-18-9-12-22-16-21(14-13-20(22)15-18)19-10-7-17(4-2)8-11-19/h3,7-12,15,21H,1,4-6,13-14,16H2,2H3. The molecule has 0 bridgehead atoms. The van der Waals surface area contributed by atoms with Crippen molar-refractivity contribution in [3.8, 4) is 0 Å². The van der Waals surface area contributed by atoms with E-state index in [-0.39, 0.29) is 0 Å². The zero-order valence-electron chi connectivity index (χ0n) is 13.6. The summed E-state index contributed by atoms with van der Waals surface area (Å²) in [5.41, 5.74) is 7.54. The van der Waals surface area contributed by atoms with Crippen LogP contribution in [0.3, 0.4) is 0 Å². The van der Waals surface area contributed by atoms with Crippen molar-refractivity contribution in [1.82, 2.24) is 0 Å². The second kappa shape index (κ2) is 6.96. The first-order valence-corrected chi connectivity index (χ1v) is 8.60. The molecular weight excluding hydrogens is 264 g/mol. The highest BCUT2D eigenvalue weighted by molar-refractivity contribution is 5.37. The third-order valence-corrected chi connectivity index (χ3v) is 5.00. The monoisotopic (exact) mass is 290 g/mol. The first-order valence-electron chi connectivity index (χ1n) is 8.60. The van der Waals surface area contributed by atoms with Crippen LogP contribution in [-0.2, 0) is 25.7 Å². The molecule has 114 valence electrons. The van der Waals surface area contributed by atoms with Gasteiger partial charge < -0.3 is 0 Å². The van der Waals surface area contributed by atoms with Crippen LogP contribution in [0.25, 0.3) is 0 Å². The van der Waals surface area contributed by atoms with Gasteiger partial charge in [0.1, 0.15) is 0 Å². The molecule has 0 saturated heterocycles. The highest BCUT2D eigenvalue weighted by atomic mass is 14.2. The third kappa shape index (κ3) is 3.32. The summed E-state index contributed by atoms with van der Waals surface area (Å²) >= 11 is 0. The minimum absolute atomic E-state index is 0.692. The summed E-state index contributed by atoms with van der Waals surface area (Å²) < 4.78 is 0. The van der Waals surface area contributed by atoms with Gasteiger partial charge in [-0.3, -0.25) is 0 Å². The number of hydrogen-bond donors (Lipinski definition) is 0. The Kier molecular flexibility index (Phi) is 4.77. The molecule has 1 atom stereocenters. The number of benzene rings is 2. The van der Waals surface area contributed by atoms with E-state index < -0.39 is 0 Å². The molecule has 0 N–H and O–H groups in total. The van der Waals surface area contributed by atoms with E-state index in [0.29, 0.717) is 5.92 Å². The molecule has 3 rings (SSSR count). The van der Waals surface area contributed by atoms with Gasteiger partial charge in [-0.15, -0.1) is 6.58 Å². The topological polar surface area (TPSA) is 0 Å². The zero-order chi connectivity index (χ0) is 15.4. The number of hydrogen-bond acceptors (Lipinski definition) is 0. The Morgan fingerprint density at radius 3 is 2.55 bits per heavy atom. The summed E-state index contributed by atoms with van der Waals surface area (Å²) in [5, 5.41) is 0. The van der Waals surface area contributed by atoms with Gasteiger partial charge in [0, 0.05) is 0 Å². The summed E-state index contributed by atoms with van der Waals surface area (Å²) in [6.07, 6.45) is 9.03. The third-order valence-electron chi connectivity index (χ3n) is 5.00. The van der Waals surface area contributed by atoms with E-state index in [1.54, 1.807) is 11.1 Å². The maximum Gasteiger partial charge on any atom is -0.0118 e. The van der Waals surface area contributed by atoms with Crippen LogP contribution >= 0.6 is 0 Å². The summed E-state index contributed by atoms with van der Waals surface area (Å²) in [7, 11) is 0. The van der Waals surface area contributed by atoms with Gasteiger partial charge in [0.15, 0.2) is 0 Å². The second-order valence-corrected chi connectivity index (χ2v) is 6.47. The fourth-order valence-electron chi connectivity index (χ4n) is 3.54. The van der Waals surface area contributed by atoms with E-state index in [4.69, 9.17) is 0 Å². The van der Waals surface area contributed by atoms with Crippen LogP contribution in [-0.4, -0.2) is 0 Å². The SMILES string of the molecule is C=CCCc1ccc2c(c1)CCC(c1ccc(CC)cc1)C2. The zero-order valence-corrected chi connectivity index (χ0v) is 13.6. The van der Waals surface area contributed by atoms with Crippen molar-refractivity contribution < 1.29 is 0 Å². The van der Waals surface area contributed by atoms with Crippen molar-refractivity contribution in [2.24, 2.45) is 0 Å². The molecule has 0 fully saturated rings. The molecule has 22 heavy (non-hydrogen) atoms. The van der Waals surface area contributed by atoms with E-state index in [1.165, 1.54) is 36.0 Å². The number of allylic oxidation sites excluding steroid dienone is 1. The Labute approximate surface area is 134 Å². The molecule has 0 nitrogen and oxygen atoms in total. The van der Waals surface area contributed by atoms with Gasteiger partial charge in [-0.2, -0.15) is 0 Å². The van der Waals surface area contributed by atoms with Gasteiger partial charge in [-0.25, -0.2) is 0 Å². The minimum atomic E-state index is 0.692. The van der Waals surface area contributed by atoms with Crippen LogP contribution in [0.4, 0.5) is 0 Å². The van der Waals surface area contributed by atoms with Gasteiger partial charge >= 0.3 is 0 Å². The molecule has 2 aromatic rings. The average molecular weight is 290 g/mol. The predicted molar refractivity (Wildman–Crippen MR) is 95.5 cm³/mol. The summed E-state index contributed by atoms with van der Waals surface area (Å²) in [6.45, 7) is 6.04. The van der Waals surface area contributed by atoms with Crippen LogP contribution in [0.15, 0.2) is 55.1 Å². The van der Waals surface area contributed by atoms with Crippen molar-refractivity contribution >= 4 is 0 Å². The Hall–Kier alpha value is -1.82. The lowest BCUT2D eigenvalue weighted by Gasteiger charge is -2.25. The highest BCUT2D eigenvalue weighted by Gasteiger charge is 2.20. The molecular formula is C22H26. The number of rotatable bonds is 5. The average Bonchev–Trinajstić information content (AvgIpc) is 2.59. The van der Waals surface area contributed by atoms with Crippen LogP contribution in [0.2, 0.25) is 0 Å². The predicted octanol–water partition coefficient (Wildman–Crippen LogP) is 5.64. The normalized spacial score (nSPS) is 17.0. The maximum absolute atomic E-state index is 3.82. The van der Waals surface area contributed by atoms with Crippen LogP contribution in [0.5, 0.6) is 0 Å². The molecule has 1 aliphatic carbocycles. The van der Waals surface area contributed by atoms with Crippen LogP contribution in [0.1, 0.15) is 53.5 Å². The largest absolute Gasteiger partial charge is 0.103 e. The Balaban J connectivity index is 1.74. The first-order chi connectivity index (χ1) is 10.8. The first kappa shape index (κ1) is 15.1.